The number of H-pyrrole nitrogens is 1. The van der Waals surface area contributed by atoms with Crippen LogP contribution in [0.5, 0.6) is 11.6 Å². The number of methoxy groups -OCH3 is 1. The number of para-hydroxylation sites is 1. The zero-order valence-electron chi connectivity index (χ0n) is 14.3. The van der Waals surface area contributed by atoms with E-state index in [9.17, 15) is 9.90 Å². The zero-order valence-corrected chi connectivity index (χ0v) is 15.2. The maximum atomic E-state index is 12.5. The molecule has 0 bridgehead atoms. The third-order valence-corrected chi connectivity index (χ3v) is 4.57. The maximum absolute atomic E-state index is 12.5. The summed E-state index contributed by atoms with van der Waals surface area (Å²) in [5.74, 6) is 0.360. The molecule has 0 radical (unpaired) electrons. The number of aromatic nitrogens is 2. The highest BCUT2D eigenvalue weighted by Crippen LogP contribution is 2.33. The maximum Gasteiger partial charge on any atom is 0.262 e. The molecule has 1 aliphatic rings. The lowest BCUT2D eigenvalue weighted by molar-refractivity contribution is 0.413. The number of aliphatic imine (C=N–C) groups is 1. The summed E-state index contributed by atoms with van der Waals surface area (Å²) in [6.45, 7) is 0. The van der Waals surface area contributed by atoms with Crippen LogP contribution in [0.2, 0.25) is 0 Å². The van der Waals surface area contributed by atoms with E-state index in [0.29, 0.717) is 11.4 Å². The number of ether oxygens (including phenoxy) is 1. The summed E-state index contributed by atoms with van der Waals surface area (Å²) < 4.78 is 6.71. The molecule has 134 valence electrons. The molecule has 2 heterocycles. The van der Waals surface area contributed by atoms with Crippen LogP contribution in [-0.2, 0) is 0 Å². The molecule has 0 saturated heterocycles. The minimum Gasteiger partial charge on any atom is -0.497 e. The molecular formula is C20H15N3O3S. The van der Waals surface area contributed by atoms with Gasteiger partial charge in [-0.05, 0) is 36.5 Å². The van der Waals surface area contributed by atoms with Crippen LogP contribution in [0.25, 0.3) is 17.3 Å². The van der Waals surface area contributed by atoms with E-state index < -0.39 is 5.56 Å². The van der Waals surface area contributed by atoms with E-state index >= 15 is 0 Å². The van der Waals surface area contributed by atoms with Crippen LogP contribution >= 0.6 is 12.2 Å². The van der Waals surface area contributed by atoms with Gasteiger partial charge in [-0.25, -0.2) is 0 Å². The van der Waals surface area contributed by atoms with Gasteiger partial charge in [-0.1, -0.05) is 24.3 Å². The average Bonchev–Trinajstić information content (AvgIpc) is 3.08. The highest BCUT2D eigenvalue weighted by molar-refractivity contribution is 7.71. The van der Waals surface area contributed by atoms with Gasteiger partial charge in [-0.3, -0.25) is 19.3 Å². The standard InChI is InChI=1S/C20H15N3O3S/c1-26-14-6-4-5-13(10-14)23-19(25)16(18(24)22-20(23)27)9-12-11-21-17-8-3-2-7-15(12)17/h2-11,25H,1H3,(H,22,24,27). The lowest BCUT2D eigenvalue weighted by Gasteiger charge is -2.12. The largest absolute Gasteiger partial charge is 0.497 e. The highest BCUT2D eigenvalue weighted by Gasteiger charge is 2.16. The summed E-state index contributed by atoms with van der Waals surface area (Å²) in [6.07, 6.45) is 3.27. The van der Waals surface area contributed by atoms with Gasteiger partial charge < -0.3 is 9.84 Å². The number of allylic oxidation sites excluding steroid dienone is 1. The second-order valence-corrected chi connectivity index (χ2v) is 6.30. The van der Waals surface area contributed by atoms with Gasteiger partial charge in [0.2, 0.25) is 5.88 Å². The van der Waals surface area contributed by atoms with Gasteiger partial charge in [0.05, 0.1) is 18.5 Å². The summed E-state index contributed by atoms with van der Waals surface area (Å²) in [5, 5.41) is 10.8. The number of rotatable bonds is 3. The molecule has 0 fully saturated rings. The number of benzene rings is 2. The van der Waals surface area contributed by atoms with Crippen molar-refractivity contribution >= 4 is 35.8 Å². The van der Waals surface area contributed by atoms with Crippen molar-refractivity contribution in [3.63, 3.8) is 0 Å². The Hall–Kier alpha value is -3.45. The van der Waals surface area contributed by atoms with E-state index in [1.54, 1.807) is 43.7 Å². The molecule has 0 saturated carbocycles. The first-order valence-corrected chi connectivity index (χ1v) is 8.57. The molecular weight excluding hydrogens is 362 g/mol. The predicted molar refractivity (Wildman–Crippen MR) is 108 cm³/mol. The summed E-state index contributed by atoms with van der Waals surface area (Å²) in [4.78, 5) is 19.4. The Morgan fingerprint density at radius 1 is 1.22 bits per heavy atom. The minimum atomic E-state index is -0.470. The average molecular weight is 377 g/mol. The van der Waals surface area contributed by atoms with E-state index in [-0.39, 0.29) is 16.2 Å². The smallest absolute Gasteiger partial charge is 0.262 e. The van der Waals surface area contributed by atoms with Gasteiger partial charge in [0.15, 0.2) is 4.77 Å². The third-order valence-electron chi connectivity index (χ3n) is 4.29. The van der Waals surface area contributed by atoms with Crippen molar-refractivity contribution in [1.82, 2.24) is 9.55 Å². The Bertz CT molecular complexity index is 1220. The second kappa shape index (κ2) is 6.69. The molecule has 2 aromatic carbocycles. The summed E-state index contributed by atoms with van der Waals surface area (Å²) >= 11 is 5.25. The van der Waals surface area contributed by atoms with Gasteiger partial charge in [0, 0.05) is 23.4 Å². The fourth-order valence-electron chi connectivity index (χ4n) is 2.97. The van der Waals surface area contributed by atoms with Crippen molar-refractivity contribution in [2.24, 2.45) is 4.99 Å². The second-order valence-electron chi connectivity index (χ2n) is 5.91. The number of nitrogens with zero attached hydrogens (tertiary/aromatic N) is 2. The van der Waals surface area contributed by atoms with Crippen molar-refractivity contribution in [2.45, 2.75) is 0 Å². The molecule has 0 atom stereocenters. The first kappa shape index (κ1) is 17.0. The molecule has 0 unspecified atom stereocenters. The molecule has 7 heteroatoms. The Balaban J connectivity index is 1.91. The van der Waals surface area contributed by atoms with Crippen LogP contribution in [-0.4, -0.2) is 28.0 Å². The van der Waals surface area contributed by atoms with Crippen LogP contribution in [0.15, 0.2) is 58.3 Å². The SMILES string of the molecule is COc1cccc(-n2c(O)c(C=C3C=Nc4ccccc43)c(=O)[nH]c2=S)c1. The Labute approximate surface area is 159 Å². The predicted octanol–water partition coefficient (Wildman–Crippen LogP) is 3.87. The van der Waals surface area contributed by atoms with Crippen LogP contribution in [0, 0.1) is 4.77 Å². The number of hydrogen-bond donors (Lipinski definition) is 2. The normalized spacial score (nSPS) is 13.7. The Morgan fingerprint density at radius 3 is 2.85 bits per heavy atom. The molecule has 6 nitrogen and oxygen atoms in total. The fraction of sp³-hybridized carbons (Fsp3) is 0.0500. The highest BCUT2D eigenvalue weighted by atomic mass is 32.1. The van der Waals surface area contributed by atoms with E-state index in [1.807, 2.05) is 24.3 Å². The molecule has 0 aliphatic carbocycles. The lowest BCUT2D eigenvalue weighted by Crippen LogP contribution is -2.16. The number of hydrogen-bond acceptors (Lipinski definition) is 5. The summed E-state index contributed by atoms with van der Waals surface area (Å²) in [6, 6.07) is 14.6. The lowest BCUT2D eigenvalue weighted by atomic mass is 10.1. The van der Waals surface area contributed by atoms with Crippen molar-refractivity contribution in [1.29, 1.82) is 0 Å². The number of nitrogens with one attached hydrogen (secondary N) is 1. The van der Waals surface area contributed by atoms with Crippen LogP contribution in [0.4, 0.5) is 5.69 Å². The van der Waals surface area contributed by atoms with Gasteiger partial charge in [0.25, 0.3) is 5.56 Å². The summed E-state index contributed by atoms with van der Waals surface area (Å²) in [5.41, 5.74) is 2.66. The molecule has 1 aliphatic heterocycles. The van der Waals surface area contributed by atoms with Crippen LogP contribution < -0.4 is 10.3 Å². The first-order chi connectivity index (χ1) is 13.1. The van der Waals surface area contributed by atoms with Gasteiger partial charge in [-0.15, -0.1) is 0 Å². The quantitative estimate of drug-likeness (QED) is 0.679. The van der Waals surface area contributed by atoms with Crippen molar-refractivity contribution in [2.75, 3.05) is 7.11 Å². The minimum absolute atomic E-state index is 0.0911. The van der Waals surface area contributed by atoms with Crippen LogP contribution in [0.1, 0.15) is 11.1 Å². The van der Waals surface area contributed by atoms with E-state index in [0.717, 1.165) is 16.8 Å². The fourth-order valence-corrected chi connectivity index (χ4v) is 3.25. The molecule has 2 N–H and O–H groups in total. The zero-order chi connectivity index (χ0) is 19.0. The molecule has 3 aromatic rings. The molecule has 0 amide bonds. The monoisotopic (exact) mass is 377 g/mol. The number of aromatic hydroxyl groups is 1. The van der Waals surface area contributed by atoms with E-state index in [2.05, 4.69) is 9.98 Å². The molecule has 4 rings (SSSR count). The van der Waals surface area contributed by atoms with E-state index in [1.165, 1.54) is 4.57 Å². The summed E-state index contributed by atoms with van der Waals surface area (Å²) in [7, 11) is 1.55. The molecule has 0 spiro atoms. The van der Waals surface area contributed by atoms with Gasteiger partial charge in [0.1, 0.15) is 11.3 Å². The van der Waals surface area contributed by atoms with Gasteiger partial charge in [-0.2, -0.15) is 0 Å². The number of fused-ring (bicyclic) bond motifs is 1. The Morgan fingerprint density at radius 2 is 2.04 bits per heavy atom. The third kappa shape index (κ3) is 2.98. The van der Waals surface area contributed by atoms with Crippen LogP contribution in [0.3, 0.4) is 0 Å². The molecule has 1 aromatic heterocycles. The number of aromatic amines is 1. The van der Waals surface area contributed by atoms with Crippen molar-refractivity contribution < 1.29 is 9.84 Å². The van der Waals surface area contributed by atoms with Gasteiger partial charge >= 0.3 is 0 Å². The first-order valence-electron chi connectivity index (χ1n) is 8.16. The van der Waals surface area contributed by atoms with Crippen molar-refractivity contribution in [3.05, 3.63) is 74.8 Å². The topological polar surface area (TPSA) is 79.6 Å². The van der Waals surface area contributed by atoms with Crippen molar-refractivity contribution in [3.8, 4) is 17.3 Å². The Kier molecular flexibility index (Phi) is 4.21. The van der Waals surface area contributed by atoms with E-state index in [4.69, 9.17) is 17.0 Å². The molecule has 27 heavy (non-hydrogen) atoms.